The molecule has 5 heteroatoms. The van der Waals surface area contributed by atoms with Crippen LogP contribution in [0.15, 0.2) is 36.5 Å². The Morgan fingerprint density at radius 3 is 2.73 bits per heavy atom. The Morgan fingerprint density at radius 1 is 0.933 bits per heavy atom. The fourth-order valence-electron chi connectivity index (χ4n) is 1.51. The summed E-state index contributed by atoms with van der Waals surface area (Å²) in [6.45, 7) is 0. The van der Waals surface area contributed by atoms with E-state index in [0.717, 1.165) is 16.5 Å². The monoisotopic (exact) mass is 218 g/mol. The van der Waals surface area contributed by atoms with Crippen LogP contribution in [0.5, 0.6) is 0 Å². The van der Waals surface area contributed by atoms with E-state index in [9.17, 15) is 0 Å². The largest absolute Gasteiger partial charge is 0.234 e. The van der Waals surface area contributed by atoms with Crippen LogP contribution in [0.3, 0.4) is 0 Å². The third-order valence-electron chi connectivity index (χ3n) is 2.16. The van der Waals surface area contributed by atoms with Gasteiger partial charge in [0.2, 0.25) is 5.82 Å². The Labute approximate surface area is 92.1 Å². The molecule has 0 N–H and O–H groups in total. The summed E-state index contributed by atoms with van der Waals surface area (Å²) < 4.78 is 0. The lowest BCUT2D eigenvalue weighted by atomic mass is 10.1. The van der Waals surface area contributed by atoms with Crippen molar-refractivity contribution >= 4 is 23.2 Å². The molecule has 2 aliphatic rings. The lowest BCUT2D eigenvalue weighted by Gasteiger charge is -1.91. The van der Waals surface area contributed by atoms with E-state index in [2.05, 4.69) is 20.4 Å². The minimum atomic E-state index is 0. The normalized spacial score (nSPS) is 10.1. The van der Waals surface area contributed by atoms with Crippen molar-refractivity contribution < 1.29 is 0 Å². The Hall–Kier alpha value is -1.81. The Bertz CT molecular complexity index is 569. The third kappa shape index (κ3) is 1.49. The SMILES string of the molecule is Cl.c1ccc2c3nnnc-3nccc2c1. The smallest absolute Gasteiger partial charge is 0.204 e. The third-order valence-corrected chi connectivity index (χ3v) is 2.16. The van der Waals surface area contributed by atoms with E-state index in [1.54, 1.807) is 6.20 Å². The maximum absolute atomic E-state index is 4.14. The van der Waals surface area contributed by atoms with Crippen LogP contribution in [-0.2, 0) is 0 Å². The molecule has 1 aromatic rings. The summed E-state index contributed by atoms with van der Waals surface area (Å²) in [6.07, 6.45) is 1.72. The molecule has 0 fully saturated rings. The molecule has 4 nitrogen and oxygen atoms in total. The van der Waals surface area contributed by atoms with E-state index >= 15 is 0 Å². The van der Waals surface area contributed by atoms with Crippen LogP contribution in [-0.4, -0.2) is 20.4 Å². The first kappa shape index (κ1) is 9.73. The van der Waals surface area contributed by atoms with Crippen molar-refractivity contribution in [2.24, 2.45) is 0 Å². The highest BCUT2D eigenvalue weighted by atomic mass is 35.5. The molecule has 0 saturated carbocycles. The van der Waals surface area contributed by atoms with Crippen LogP contribution >= 0.6 is 12.4 Å². The fourth-order valence-corrected chi connectivity index (χ4v) is 1.51. The second-order valence-corrected chi connectivity index (χ2v) is 2.99. The average Bonchev–Trinajstić information content (AvgIpc) is 2.61. The van der Waals surface area contributed by atoms with Gasteiger partial charge in [-0.3, -0.25) is 0 Å². The van der Waals surface area contributed by atoms with Gasteiger partial charge >= 0.3 is 0 Å². The highest BCUT2D eigenvalue weighted by Gasteiger charge is 2.09. The molecular weight excluding hydrogens is 212 g/mol. The zero-order valence-electron chi connectivity index (χ0n) is 7.66. The molecule has 15 heavy (non-hydrogen) atoms. The van der Waals surface area contributed by atoms with Gasteiger partial charge in [-0.2, -0.15) is 0 Å². The van der Waals surface area contributed by atoms with Crippen LogP contribution in [0.25, 0.3) is 22.3 Å². The molecule has 74 valence electrons. The number of hydrogen-bond acceptors (Lipinski definition) is 4. The minimum Gasteiger partial charge on any atom is -0.234 e. The van der Waals surface area contributed by atoms with E-state index in [4.69, 9.17) is 0 Å². The van der Waals surface area contributed by atoms with E-state index in [1.165, 1.54) is 0 Å². The van der Waals surface area contributed by atoms with Crippen molar-refractivity contribution in [1.82, 2.24) is 20.4 Å². The van der Waals surface area contributed by atoms with Crippen molar-refractivity contribution in [2.75, 3.05) is 0 Å². The summed E-state index contributed by atoms with van der Waals surface area (Å²) in [6, 6.07) is 9.91. The van der Waals surface area contributed by atoms with Crippen LogP contribution in [0.2, 0.25) is 0 Å². The zero-order chi connectivity index (χ0) is 9.38. The number of halogens is 1. The molecular formula is C10H7ClN4. The summed E-state index contributed by atoms with van der Waals surface area (Å²) in [4.78, 5) is 4.14. The standard InChI is InChI=1S/C10H6N4.ClH/c1-2-4-8-7(3-1)5-6-11-10-9(8)12-14-13-10;/h1-6H;1H. The summed E-state index contributed by atoms with van der Waals surface area (Å²) in [7, 11) is 0. The van der Waals surface area contributed by atoms with E-state index in [0.29, 0.717) is 5.82 Å². The second kappa shape index (κ2) is 3.74. The zero-order valence-corrected chi connectivity index (χ0v) is 8.48. The van der Waals surface area contributed by atoms with Gasteiger partial charge in [0, 0.05) is 11.6 Å². The number of nitrogens with zero attached hydrogens (tertiary/aromatic N) is 4. The van der Waals surface area contributed by atoms with Crippen LogP contribution < -0.4 is 0 Å². The van der Waals surface area contributed by atoms with Gasteiger partial charge in [0.1, 0.15) is 5.69 Å². The lowest BCUT2D eigenvalue weighted by molar-refractivity contribution is 0.946. The molecule has 0 amide bonds. The molecule has 0 aromatic heterocycles. The predicted molar refractivity (Wildman–Crippen MR) is 59.0 cm³/mol. The van der Waals surface area contributed by atoms with Crippen LogP contribution in [0.1, 0.15) is 0 Å². The van der Waals surface area contributed by atoms with Crippen LogP contribution in [0.4, 0.5) is 0 Å². The van der Waals surface area contributed by atoms with Gasteiger partial charge in [0.05, 0.1) is 0 Å². The van der Waals surface area contributed by atoms with Crippen molar-refractivity contribution in [2.45, 2.75) is 0 Å². The van der Waals surface area contributed by atoms with Gasteiger partial charge in [0.15, 0.2) is 0 Å². The summed E-state index contributed by atoms with van der Waals surface area (Å²) in [5, 5.41) is 13.5. The van der Waals surface area contributed by atoms with Gasteiger partial charge in [0.25, 0.3) is 0 Å². The molecule has 2 aliphatic heterocycles. The first-order valence-corrected chi connectivity index (χ1v) is 4.28. The average molecular weight is 219 g/mol. The van der Waals surface area contributed by atoms with Crippen molar-refractivity contribution in [3.63, 3.8) is 0 Å². The number of benzene rings is 1. The molecule has 0 radical (unpaired) electrons. The van der Waals surface area contributed by atoms with E-state index in [-0.39, 0.29) is 12.4 Å². The summed E-state index contributed by atoms with van der Waals surface area (Å²) >= 11 is 0. The number of aromatic nitrogens is 4. The molecule has 0 bridgehead atoms. The van der Waals surface area contributed by atoms with E-state index < -0.39 is 0 Å². The van der Waals surface area contributed by atoms with E-state index in [1.807, 2.05) is 30.3 Å². The molecule has 0 spiro atoms. The maximum atomic E-state index is 4.14. The van der Waals surface area contributed by atoms with Gasteiger partial charge in [-0.15, -0.1) is 22.6 Å². The summed E-state index contributed by atoms with van der Waals surface area (Å²) in [5.74, 6) is 0.589. The minimum absolute atomic E-state index is 0. The molecule has 0 atom stereocenters. The van der Waals surface area contributed by atoms with Crippen LogP contribution in [0, 0.1) is 0 Å². The highest BCUT2D eigenvalue weighted by molar-refractivity contribution is 5.92. The Kier molecular flexibility index (Phi) is 2.43. The first-order valence-electron chi connectivity index (χ1n) is 4.28. The number of hydrogen-bond donors (Lipinski definition) is 0. The molecule has 0 saturated heterocycles. The molecule has 2 heterocycles. The first-order chi connectivity index (χ1) is 6.95. The summed E-state index contributed by atoms with van der Waals surface area (Å²) in [5.41, 5.74) is 0.755. The van der Waals surface area contributed by atoms with Crippen molar-refractivity contribution in [3.05, 3.63) is 36.5 Å². The molecule has 3 rings (SSSR count). The van der Waals surface area contributed by atoms with Crippen molar-refractivity contribution in [1.29, 1.82) is 0 Å². The highest BCUT2D eigenvalue weighted by Crippen LogP contribution is 2.22. The fraction of sp³-hybridized carbons (Fsp3) is 0. The Morgan fingerprint density at radius 2 is 1.80 bits per heavy atom. The molecule has 1 aromatic carbocycles. The van der Waals surface area contributed by atoms with Gasteiger partial charge in [-0.25, -0.2) is 4.98 Å². The van der Waals surface area contributed by atoms with Gasteiger partial charge < -0.3 is 0 Å². The van der Waals surface area contributed by atoms with Gasteiger partial charge in [-0.05, 0) is 16.7 Å². The number of rotatable bonds is 0. The second-order valence-electron chi connectivity index (χ2n) is 2.99. The predicted octanol–water partition coefficient (Wildman–Crippen LogP) is 1.95. The maximum Gasteiger partial charge on any atom is 0.204 e. The molecule has 0 unspecified atom stereocenters. The lowest BCUT2D eigenvalue weighted by Crippen LogP contribution is -1.78. The number of fused-ring (bicyclic) bond motifs is 3. The topological polar surface area (TPSA) is 51.6 Å². The quantitative estimate of drug-likeness (QED) is 0.579. The molecule has 0 aliphatic carbocycles. The Balaban J connectivity index is 0.000000853. The van der Waals surface area contributed by atoms with Crippen molar-refractivity contribution in [3.8, 4) is 11.5 Å². The van der Waals surface area contributed by atoms with Gasteiger partial charge in [-0.1, -0.05) is 24.3 Å².